The molecule has 1 rings (SSSR count). The molecule has 0 spiro atoms. The summed E-state index contributed by atoms with van der Waals surface area (Å²) in [5.74, 6) is 5.50. The van der Waals surface area contributed by atoms with Crippen LogP contribution in [0.1, 0.15) is 37.8 Å². The zero-order valence-electron chi connectivity index (χ0n) is 10.5. The van der Waals surface area contributed by atoms with Gasteiger partial charge in [-0.3, -0.25) is 4.79 Å². The van der Waals surface area contributed by atoms with E-state index in [0.29, 0.717) is 6.61 Å². The zero-order valence-corrected chi connectivity index (χ0v) is 10.5. The van der Waals surface area contributed by atoms with Crippen LogP contribution in [0.15, 0.2) is 24.3 Å². The molecule has 90 valence electrons. The lowest BCUT2D eigenvalue weighted by atomic mass is 10.1. The van der Waals surface area contributed by atoms with Crippen molar-refractivity contribution in [2.24, 2.45) is 0 Å². The van der Waals surface area contributed by atoms with Gasteiger partial charge in [-0.05, 0) is 31.0 Å². The summed E-state index contributed by atoms with van der Waals surface area (Å²) in [6, 6.07) is 8.14. The van der Waals surface area contributed by atoms with Crippen molar-refractivity contribution in [2.75, 3.05) is 6.61 Å². The number of aryl methyl sites for hydroxylation is 1. The van der Waals surface area contributed by atoms with Gasteiger partial charge in [0.25, 0.3) is 0 Å². The van der Waals surface area contributed by atoms with E-state index in [1.807, 2.05) is 12.1 Å². The molecule has 0 amide bonds. The number of hydrogen-bond acceptors (Lipinski definition) is 2. The van der Waals surface area contributed by atoms with Crippen LogP contribution in [-0.2, 0) is 16.0 Å². The van der Waals surface area contributed by atoms with Crippen LogP contribution in [0.25, 0.3) is 0 Å². The number of esters is 1. The fraction of sp³-hybridized carbons (Fsp3) is 0.400. The fourth-order valence-electron chi connectivity index (χ4n) is 1.47. The Balaban J connectivity index is 2.51. The van der Waals surface area contributed by atoms with E-state index >= 15 is 0 Å². The molecular weight excluding hydrogens is 212 g/mol. The molecule has 1 aromatic rings. The predicted octanol–water partition coefficient (Wildman–Crippen LogP) is 2.94. The van der Waals surface area contributed by atoms with Crippen molar-refractivity contribution in [3.8, 4) is 11.8 Å². The molecule has 2 nitrogen and oxygen atoms in total. The van der Waals surface area contributed by atoms with Crippen LogP contribution in [0.2, 0.25) is 0 Å². The molecule has 1 aromatic carbocycles. The third-order valence-electron chi connectivity index (χ3n) is 2.26. The highest BCUT2D eigenvalue weighted by molar-refractivity contribution is 5.72. The number of benzene rings is 1. The highest BCUT2D eigenvalue weighted by Gasteiger charge is 1.96. The van der Waals surface area contributed by atoms with Gasteiger partial charge in [-0.15, -0.1) is 0 Å². The third-order valence-corrected chi connectivity index (χ3v) is 2.26. The number of rotatable bonds is 4. The Morgan fingerprint density at radius 1 is 1.24 bits per heavy atom. The van der Waals surface area contributed by atoms with Crippen molar-refractivity contribution in [1.29, 1.82) is 0 Å². The molecule has 0 aliphatic carbocycles. The Bertz CT molecular complexity index is 407. The van der Waals surface area contributed by atoms with Crippen LogP contribution in [-0.4, -0.2) is 12.6 Å². The topological polar surface area (TPSA) is 26.3 Å². The van der Waals surface area contributed by atoms with Gasteiger partial charge < -0.3 is 4.74 Å². The largest absolute Gasteiger partial charge is 0.465 e. The molecule has 17 heavy (non-hydrogen) atoms. The summed E-state index contributed by atoms with van der Waals surface area (Å²) in [6.07, 6.45) is 2.40. The monoisotopic (exact) mass is 230 g/mol. The Kier molecular flexibility index (Phi) is 5.88. The van der Waals surface area contributed by atoms with Crippen LogP contribution in [0.5, 0.6) is 0 Å². The molecule has 0 atom stereocenters. The predicted molar refractivity (Wildman–Crippen MR) is 68.6 cm³/mol. The van der Waals surface area contributed by atoms with E-state index in [0.717, 1.165) is 18.4 Å². The quantitative estimate of drug-likeness (QED) is 0.587. The Hall–Kier alpha value is -1.75. The van der Waals surface area contributed by atoms with E-state index in [1.165, 1.54) is 5.56 Å². The minimum absolute atomic E-state index is 0.157. The van der Waals surface area contributed by atoms with E-state index in [4.69, 9.17) is 4.74 Å². The molecule has 0 saturated heterocycles. The van der Waals surface area contributed by atoms with Gasteiger partial charge in [0.15, 0.2) is 0 Å². The Labute approximate surface area is 103 Å². The average Bonchev–Trinajstić information content (AvgIpc) is 2.32. The summed E-state index contributed by atoms with van der Waals surface area (Å²) in [7, 11) is 0. The van der Waals surface area contributed by atoms with Gasteiger partial charge in [0.1, 0.15) is 6.42 Å². The lowest BCUT2D eigenvalue weighted by Crippen LogP contribution is -2.01. The van der Waals surface area contributed by atoms with Gasteiger partial charge in [-0.25, -0.2) is 0 Å². The molecule has 0 unspecified atom stereocenters. The summed E-state index contributed by atoms with van der Waals surface area (Å²) in [5.41, 5.74) is 2.26. The molecule has 0 bridgehead atoms. The van der Waals surface area contributed by atoms with Gasteiger partial charge >= 0.3 is 5.97 Å². The first-order valence-electron chi connectivity index (χ1n) is 5.99. The van der Waals surface area contributed by atoms with E-state index < -0.39 is 0 Å². The van der Waals surface area contributed by atoms with Crippen molar-refractivity contribution in [3.05, 3.63) is 35.4 Å². The second kappa shape index (κ2) is 7.51. The number of carbonyl (C=O) groups is 1. The molecular formula is C15H18O2. The average molecular weight is 230 g/mol. The second-order valence-corrected chi connectivity index (χ2v) is 3.73. The summed E-state index contributed by atoms with van der Waals surface area (Å²) < 4.78 is 4.79. The number of ether oxygens (including phenoxy) is 1. The van der Waals surface area contributed by atoms with Gasteiger partial charge in [0.05, 0.1) is 6.61 Å². The zero-order chi connectivity index (χ0) is 12.5. The molecule has 0 saturated carbocycles. The standard InChI is InChI=1S/C15H18O2/c1-3-6-13-9-11-14(12-10-13)7-5-8-15(16)17-4-2/h9-12H,3-4,6,8H2,1-2H3. The first-order valence-corrected chi connectivity index (χ1v) is 5.99. The molecule has 0 radical (unpaired) electrons. The van der Waals surface area contributed by atoms with Crippen molar-refractivity contribution in [2.45, 2.75) is 33.1 Å². The molecule has 0 fully saturated rings. The van der Waals surface area contributed by atoms with Crippen molar-refractivity contribution < 1.29 is 9.53 Å². The van der Waals surface area contributed by atoms with Gasteiger partial charge in [0.2, 0.25) is 0 Å². The molecule has 0 aliphatic rings. The van der Waals surface area contributed by atoms with E-state index in [2.05, 4.69) is 30.9 Å². The van der Waals surface area contributed by atoms with E-state index in [1.54, 1.807) is 6.92 Å². The lowest BCUT2D eigenvalue weighted by Gasteiger charge is -1.97. The maximum Gasteiger partial charge on any atom is 0.317 e. The Morgan fingerprint density at radius 3 is 2.53 bits per heavy atom. The molecule has 0 aromatic heterocycles. The van der Waals surface area contributed by atoms with Gasteiger partial charge in [-0.2, -0.15) is 0 Å². The smallest absolute Gasteiger partial charge is 0.317 e. The SMILES string of the molecule is CCCc1ccc(C#CCC(=O)OCC)cc1. The summed E-state index contributed by atoms with van der Waals surface area (Å²) in [4.78, 5) is 11.0. The summed E-state index contributed by atoms with van der Waals surface area (Å²) in [6.45, 7) is 4.36. The van der Waals surface area contributed by atoms with E-state index in [9.17, 15) is 4.79 Å². The van der Waals surface area contributed by atoms with Crippen LogP contribution in [0, 0.1) is 11.8 Å². The Morgan fingerprint density at radius 2 is 1.94 bits per heavy atom. The van der Waals surface area contributed by atoms with E-state index in [-0.39, 0.29) is 12.4 Å². The van der Waals surface area contributed by atoms with Crippen molar-refractivity contribution >= 4 is 5.97 Å². The number of carbonyl (C=O) groups excluding carboxylic acids is 1. The highest BCUT2D eigenvalue weighted by Crippen LogP contribution is 2.05. The minimum atomic E-state index is -0.261. The van der Waals surface area contributed by atoms with Crippen LogP contribution in [0.4, 0.5) is 0 Å². The van der Waals surface area contributed by atoms with Gasteiger partial charge in [-0.1, -0.05) is 37.3 Å². The maximum atomic E-state index is 11.0. The summed E-state index contributed by atoms with van der Waals surface area (Å²) in [5, 5.41) is 0. The van der Waals surface area contributed by atoms with Crippen molar-refractivity contribution in [3.63, 3.8) is 0 Å². The van der Waals surface area contributed by atoms with Crippen LogP contribution >= 0.6 is 0 Å². The summed E-state index contributed by atoms with van der Waals surface area (Å²) >= 11 is 0. The molecule has 0 N–H and O–H groups in total. The molecule has 0 aliphatic heterocycles. The van der Waals surface area contributed by atoms with Crippen LogP contribution < -0.4 is 0 Å². The van der Waals surface area contributed by atoms with Gasteiger partial charge in [0, 0.05) is 5.56 Å². The molecule has 0 heterocycles. The first-order chi connectivity index (χ1) is 8.26. The maximum absolute atomic E-state index is 11.0. The normalized spacial score (nSPS) is 9.29. The fourth-order valence-corrected chi connectivity index (χ4v) is 1.47. The molecule has 2 heteroatoms. The lowest BCUT2D eigenvalue weighted by molar-refractivity contribution is -0.141. The van der Waals surface area contributed by atoms with Crippen molar-refractivity contribution in [1.82, 2.24) is 0 Å². The number of hydrogen-bond donors (Lipinski definition) is 0. The minimum Gasteiger partial charge on any atom is -0.465 e. The first kappa shape index (κ1) is 13.3. The van der Waals surface area contributed by atoms with Crippen LogP contribution in [0.3, 0.4) is 0 Å². The highest BCUT2D eigenvalue weighted by atomic mass is 16.5. The third kappa shape index (κ3) is 5.21. The second-order valence-electron chi connectivity index (χ2n) is 3.73.